The number of rotatable bonds is 9. The van der Waals surface area contributed by atoms with E-state index < -0.39 is 27.9 Å². The molecule has 0 fully saturated rings. The second-order valence-corrected chi connectivity index (χ2v) is 10.6. The van der Waals surface area contributed by atoms with Crippen molar-refractivity contribution in [3.63, 3.8) is 0 Å². The van der Waals surface area contributed by atoms with Crippen LogP contribution in [0.15, 0.2) is 22.5 Å². The number of anilines is 2. The van der Waals surface area contributed by atoms with Crippen LogP contribution in [0.4, 0.5) is 10.8 Å². The van der Waals surface area contributed by atoms with Crippen molar-refractivity contribution in [2.75, 3.05) is 28.7 Å². The van der Waals surface area contributed by atoms with Gasteiger partial charge in [-0.3, -0.25) is 19.2 Å². The number of hydrogen-bond acceptors (Lipinski definition) is 9. The van der Waals surface area contributed by atoms with Crippen molar-refractivity contribution in [1.29, 1.82) is 0 Å². The standard InChI is InChI=1S/C18H24N4O5S3/c1-6-14(22(30(5,25)26)13-8-11(2)7-12(3)9-13)16(24)19-17-20-21-18(29-17)28-10-15(23)27-4/h7-9,14H,6,10H2,1-5H3,(H,19,20,24)/t14-/m0/s1. The van der Waals surface area contributed by atoms with Crippen molar-refractivity contribution in [2.45, 2.75) is 37.6 Å². The summed E-state index contributed by atoms with van der Waals surface area (Å²) in [6.07, 6.45) is 1.34. The van der Waals surface area contributed by atoms with Crippen LogP contribution in [0.3, 0.4) is 0 Å². The zero-order chi connectivity index (χ0) is 22.5. The molecule has 164 valence electrons. The molecule has 0 radical (unpaired) electrons. The number of aryl methyl sites for hydroxylation is 2. The van der Waals surface area contributed by atoms with Crippen molar-refractivity contribution in [1.82, 2.24) is 10.2 Å². The van der Waals surface area contributed by atoms with E-state index >= 15 is 0 Å². The SMILES string of the molecule is CC[C@@H](C(=O)Nc1nnc(SCC(=O)OC)s1)N(c1cc(C)cc(C)c1)S(C)(=O)=O. The summed E-state index contributed by atoms with van der Waals surface area (Å²) in [5.74, 6) is -0.836. The molecule has 1 aromatic heterocycles. The molecule has 0 spiro atoms. The smallest absolute Gasteiger partial charge is 0.316 e. The highest BCUT2D eigenvalue weighted by atomic mass is 32.2. The third-order valence-electron chi connectivity index (χ3n) is 3.97. The molecule has 0 aliphatic heterocycles. The number of carbonyl (C=O) groups excluding carboxylic acids is 2. The summed E-state index contributed by atoms with van der Waals surface area (Å²) in [5, 5.41) is 10.7. The average molecular weight is 473 g/mol. The summed E-state index contributed by atoms with van der Waals surface area (Å²) >= 11 is 2.23. The lowest BCUT2D eigenvalue weighted by Crippen LogP contribution is -2.47. The van der Waals surface area contributed by atoms with Crippen molar-refractivity contribution in [3.8, 4) is 0 Å². The lowest BCUT2D eigenvalue weighted by atomic mass is 10.1. The predicted octanol–water partition coefficient (Wildman–Crippen LogP) is 2.60. The number of ether oxygens (including phenoxy) is 1. The fourth-order valence-corrected chi connectivity index (χ4v) is 5.61. The van der Waals surface area contributed by atoms with Gasteiger partial charge in [0.1, 0.15) is 6.04 Å². The Bertz CT molecular complexity index is 1000. The summed E-state index contributed by atoms with van der Waals surface area (Å²) in [6, 6.07) is 4.43. The van der Waals surface area contributed by atoms with Gasteiger partial charge in [0.2, 0.25) is 21.1 Å². The fraction of sp³-hybridized carbons (Fsp3) is 0.444. The Labute approximate surface area is 184 Å². The first-order valence-electron chi connectivity index (χ1n) is 8.96. The number of nitrogens with zero attached hydrogens (tertiary/aromatic N) is 3. The van der Waals surface area contributed by atoms with Gasteiger partial charge in [0.15, 0.2) is 4.34 Å². The maximum atomic E-state index is 12.9. The molecule has 1 aromatic carbocycles. The van der Waals surface area contributed by atoms with E-state index in [0.717, 1.165) is 44.8 Å². The highest BCUT2D eigenvalue weighted by molar-refractivity contribution is 8.01. The molecule has 1 N–H and O–H groups in total. The number of methoxy groups -OCH3 is 1. The van der Waals surface area contributed by atoms with Crippen LogP contribution in [0.1, 0.15) is 24.5 Å². The molecular weight excluding hydrogens is 448 g/mol. The van der Waals surface area contributed by atoms with E-state index in [1.807, 2.05) is 19.9 Å². The molecule has 1 atom stereocenters. The molecule has 1 heterocycles. The monoisotopic (exact) mass is 472 g/mol. The minimum atomic E-state index is -3.73. The molecule has 12 heteroatoms. The van der Waals surface area contributed by atoms with Crippen molar-refractivity contribution >= 4 is 55.8 Å². The van der Waals surface area contributed by atoms with Gasteiger partial charge < -0.3 is 4.74 Å². The van der Waals surface area contributed by atoms with Crippen LogP contribution in [0.25, 0.3) is 0 Å². The van der Waals surface area contributed by atoms with Gasteiger partial charge in [0, 0.05) is 0 Å². The second-order valence-electron chi connectivity index (χ2n) is 6.56. The van der Waals surface area contributed by atoms with Crippen LogP contribution >= 0.6 is 23.1 Å². The van der Waals surface area contributed by atoms with Crippen LogP contribution in [-0.2, 0) is 24.3 Å². The Morgan fingerprint density at radius 3 is 2.40 bits per heavy atom. The quantitative estimate of drug-likeness (QED) is 0.336. The molecule has 0 bridgehead atoms. The molecule has 0 aliphatic carbocycles. The maximum Gasteiger partial charge on any atom is 0.316 e. The number of amides is 1. The number of benzene rings is 1. The molecule has 30 heavy (non-hydrogen) atoms. The van der Waals surface area contributed by atoms with Crippen molar-refractivity contribution in [2.24, 2.45) is 0 Å². The summed E-state index contributed by atoms with van der Waals surface area (Å²) in [6.45, 7) is 5.47. The summed E-state index contributed by atoms with van der Waals surface area (Å²) in [5.41, 5.74) is 2.22. The van der Waals surface area contributed by atoms with Crippen molar-refractivity contribution < 1.29 is 22.7 Å². The zero-order valence-corrected chi connectivity index (χ0v) is 19.8. The van der Waals surface area contributed by atoms with E-state index in [4.69, 9.17) is 0 Å². The van der Waals surface area contributed by atoms with E-state index in [-0.39, 0.29) is 17.3 Å². The summed E-state index contributed by atoms with van der Waals surface area (Å²) in [4.78, 5) is 24.2. The Morgan fingerprint density at radius 2 is 1.87 bits per heavy atom. The van der Waals surface area contributed by atoms with Gasteiger partial charge in [0.25, 0.3) is 0 Å². The Balaban J connectivity index is 2.24. The first-order chi connectivity index (χ1) is 14.0. The van der Waals surface area contributed by atoms with Crippen LogP contribution in [0, 0.1) is 13.8 Å². The van der Waals surface area contributed by atoms with Gasteiger partial charge in [-0.25, -0.2) is 8.42 Å². The highest BCUT2D eigenvalue weighted by Gasteiger charge is 2.32. The number of thioether (sulfide) groups is 1. The number of carbonyl (C=O) groups is 2. The van der Waals surface area contributed by atoms with E-state index in [9.17, 15) is 18.0 Å². The van der Waals surface area contributed by atoms with Gasteiger partial charge in [0.05, 0.1) is 24.8 Å². The molecular formula is C18H24N4O5S3. The Kier molecular flexibility index (Phi) is 8.21. The maximum absolute atomic E-state index is 12.9. The number of nitrogens with one attached hydrogen (secondary N) is 1. The van der Waals surface area contributed by atoms with Crippen LogP contribution in [0.5, 0.6) is 0 Å². The summed E-state index contributed by atoms with van der Waals surface area (Å²) in [7, 11) is -2.44. The number of hydrogen-bond donors (Lipinski definition) is 1. The van der Waals surface area contributed by atoms with Gasteiger partial charge in [-0.05, 0) is 43.5 Å². The third kappa shape index (κ3) is 6.41. The Morgan fingerprint density at radius 1 is 1.23 bits per heavy atom. The van der Waals surface area contributed by atoms with Gasteiger partial charge in [-0.15, -0.1) is 10.2 Å². The largest absolute Gasteiger partial charge is 0.468 e. The number of aromatic nitrogens is 2. The molecule has 9 nitrogen and oxygen atoms in total. The minimum Gasteiger partial charge on any atom is -0.468 e. The lowest BCUT2D eigenvalue weighted by Gasteiger charge is -2.30. The fourth-order valence-electron chi connectivity index (χ4n) is 2.83. The van der Waals surface area contributed by atoms with E-state index in [2.05, 4.69) is 20.3 Å². The topological polar surface area (TPSA) is 119 Å². The number of sulfonamides is 1. The Hall–Kier alpha value is -2.18. The predicted molar refractivity (Wildman–Crippen MR) is 119 cm³/mol. The van der Waals surface area contributed by atoms with Crippen LogP contribution in [-0.4, -0.2) is 55.7 Å². The average Bonchev–Trinajstić information content (AvgIpc) is 3.09. The third-order valence-corrected chi connectivity index (χ3v) is 7.09. The summed E-state index contributed by atoms with van der Waals surface area (Å²) < 4.78 is 31.3. The normalized spacial score (nSPS) is 12.3. The molecule has 0 saturated heterocycles. The van der Waals surface area contributed by atoms with Gasteiger partial charge in [-0.2, -0.15) is 0 Å². The second kappa shape index (κ2) is 10.2. The van der Waals surface area contributed by atoms with Gasteiger partial charge >= 0.3 is 5.97 Å². The molecule has 0 aliphatic rings. The highest BCUT2D eigenvalue weighted by Crippen LogP contribution is 2.28. The van der Waals surface area contributed by atoms with Crippen LogP contribution in [0.2, 0.25) is 0 Å². The van der Waals surface area contributed by atoms with Gasteiger partial charge in [-0.1, -0.05) is 36.1 Å². The van der Waals surface area contributed by atoms with E-state index in [1.54, 1.807) is 19.1 Å². The lowest BCUT2D eigenvalue weighted by molar-refractivity contribution is -0.137. The number of esters is 1. The first-order valence-corrected chi connectivity index (χ1v) is 12.6. The van der Waals surface area contributed by atoms with E-state index in [1.165, 1.54) is 7.11 Å². The van der Waals surface area contributed by atoms with Crippen LogP contribution < -0.4 is 9.62 Å². The minimum absolute atomic E-state index is 0.0746. The molecule has 0 unspecified atom stereocenters. The molecule has 2 rings (SSSR count). The molecule has 2 aromatic rings. The molecule has 1 amide bonds. The zero-order valence-electron chi connectivity index (χ0n) is 17.3. The van der Waals surface area contributed by atoms with E-state index in [0.29, 0.717) is 10.0 Å². The molecule has 0 saturated carbocycles. The first kappa shape index (κ1) is 24.1. The van der Waals surface area contributed by atoms with Crippen molar-refractivity contribution in [3.05, 3.63) is 29.3 Å².